The van der Waals surface area contributed by atoms with Gasteiger partial charge >= 0.3 is 11.9 Å². The second kappa shape index (κ2) is 10.7. The molecule has 0 aliphatic carbocycles. The van der Waals surface area contributed by atoms with E-state index in [0.29, 0.717) is 12.8 Å². The highest BCUT2D eigenvalue weighted by molar-refractivity contribution is 7.98. The number of carbonyl (C=O) groups is 2. The van der Waals surface area contributed by atoms with Crippen LogP contribution in [0.15, 0.2) is 42.5 Å². The number of benzene rings is 2. The van der Waals surface area contributed by atoms with E-state index in [1.54, 1.807) is 11.8 Å². The van der Waals surface area contributed by atoms with Crippen LogP contribution in [0.2, 0.25) is 0 Å². The monoisotopic (exact) mass is 364 g/mol. The van der Waals surface area contributed by atoms with Crippen molar-refractivity contribution < 1.29 is 19.8 Å². The van der Waals surface area contributed by atoms with Crippen LogP contribution in [0, 0.1) is 0 Å². The molecule has 0 spiro atoms. The number of carboxylic acids is 2. The van der Waals surface area contributed by atoms with Crippen LogP contribution in [0.3, 0.4) is 0 Å². The second-order valence-corrected chi connectivity index (χ2v) is 6.50. The van der Waals surface area contributed by atoms with E-state index in [1.165, 1.54) is 0 Å². The number of nitrogens with two attached hydrogens (primary N) is 2. The first-order valence-corrected chi connectivity index (χ1v) is 9.18. The van der Waals surface area contributed by atoms with Crippen molar-refractivity contribution in [1.82, 2.24) is 0 Å². The largest absolute Gasteiger partial charge is 0.480 e. The average Bonchev–Trinajstić information content (AvgIpc) is 2.60. The first kappa shape index (κ1) is 21.0. The van der Waals surface area contributed by atoms with Gasteiger partial charge in [-0.05, 0) is 41.2 Å². The summed E-state index contributed by atoms with van der Waals surface area (Å²) in [5.74, 6) is -1.06. The molecule has 25 heavy (non-hydrogen) atoms. The predicted molar refractivity (Wildman–Crippen MR) is 102 cm³/mol. The first-order chi connectivity index (χ1) is 11.9. The van der Waals surface area contributed by atoms with Crippen molar-refractivity contribution in [2.75, 3.05) is 12.0 Å². The summed E-state index contributed by atoms with van der Waals surface area (Å²) in [5, 5.41) is 19.2. The second-order valence-electron chi connectivity index (χ2n) is 5.51. The van der Waals surface area contributed by atoms with E-state index in [1.807, 2.05) is 48.7 Å². The number of carboxylic acid groups (broad SMARTS) is 2. The standard InChI is InChI=1S/C13H13NO2.C5H11NO2S/c14-12(13(15)16)8-10-6-3-5-9-4-1-2-7-11(9)10;1-9-3-2-4(6)5(7)8/h1-7,12H,8,14H2,(H,15,16);4H,2-3,6H2,1H3,(H,7,8)/t12-;4-/m00/s1. The number of aliphatic carboxylic acids is 2. The number of hydrogen-bond donors (Lipinski definition) is 4. The molecule has 2 atom stereocenters. The molecule has 136 valence electrons. The molecule has 0 saturated heterocycles. The maximum atomic E-state index is 10.7. The molecule has 2 rings (SSSR count). The lowest BCUT2D eigenvalue weighted by atomic mass is 9.99. The van der Waals surface area contributed by atoms with E-state index in [9.17, 15) is 9.59 Å². The third-order valence-corrected chi connectivity index (χ3v) is 4.23. The molecule has 0 saturated carbocycles. The summed E-state index contributed by atoms with van der Waals surface area (Å²) in [6, 6.07) is 12.2. The Morgan fingerprint density at radius 1 is 1.00 bits per heavy atom. The predicted octanol–water partition coefficient (Wildman–Crippen LogP) is 1.95. The number of rotatable bonds is 7. The fourth-order valence-electron chi connectivity index (χ4n) is 2.16. The van der Waals surface area contributed by atoms with Crippen LogP contribution in [0.1, 0.15) is 12.0 Å². The van der Waals surface area contributed by atoms with Crippen LogP contribution in [-0.4, -0.2) is 46.2 Å². The molecular weight excluding hydrogens is 340 g/mol. The minimum absolute atomic E-state index is 0.358. The molecule has 0 unspecified atom stereocenters. The van der Waals surface area contributed by atoms with Crippen LogP contribution in [0.25, 0.3) is 10.8 Å². The highest BCUT2D eigenvalue weighted by atomic mass is 32.2. The first-order valence-electron chi connectivity index (χ1n) is 7.79. The van der Waals surface area contributed by atoms with Gasteiger partial charge in [-0.1, -0.05) is 42.5 Å². The Morgan fingerprint density at radius 2 is 1.60 bits per heavy atom. The fourth-order valence-corrected chi connectivity index (χ4v) is 2.65. The van der Waals surface area contributed by atoms with Crippen molar-refractivity contribution in [2.24, 2.45) is 11.5 Å². The van der Waals surface area contributed by atoms with Gasteiger partial charge in [0, 0.05) is 0 Å². The van der Waals surface area contributed by atoms with Gasteiger partial charge in [-0.25, -0.2) is 0 Å². The summed E-state index contributed by atoms with van der Waals surface area (Å²) in [4.78, 5) is 20.8. The van der Waals surface area contributed by atoms with E-state index in [2.05, 4.69) is 0 Å². The van der Waals surface area contributed by atoms with E-state index >= 15 is 0 Å². The Morgan fingerprint density at radius 3 is 2.20 bits per heavy atom. The summed E-state index contributed by atoms with van der Waals surface area (Å²) in [6.45, 7) is 0. The molecule has 7 heteroatoms. The summed E-state index contributed by atoms with van der Waals surface area (Å²) in [6.07, 6.45) is 2.84. The highest BCUT2D eigenvalue weighted by Gasteiger charge is 2.13. The lowest BCUT2D eigenvalue weighted by Gasteiger charge is -2.09. The quantitative estimate of drug-likeness (QED) is 0.591. The van der Waals surface area contributed by atoms with Gasteiger partial charge in [0.2, 0.25) is 0 Å². The fraction of sp³-hybridized carbons (Fsp3) is 0.333. The molecule has 6 N–H and O–H groups in total. The Labute approximate surface area is 151 Å². The molecule has 0 aliphatic rings. The molecule has 0 aromatic heterocycles. The molecule has 0 aliphatic heterocycles. The van der Waals surface area contributed by atoms with Gasteiger partial charge in [-0.2, -0.15) is 11.8 Å². The topological polar surface area (TPSA) is 127 Å². The maximum absolute atomic E-state index is 10.7. The number of thioether (sulfide) groups is 1. The zero-order valence-electron chi connectivity index (χ0n) is 14.1. The molecule has 0 amide bonds. The van der Waals surface area contributed by atoms with Gasteiger partial charge in [0.1, 0.15) is 12.1 Å². The van der Waals surface area contributed by atoms with Crippen LogP contribution >= 0.6 is 11.8 Å². The summed E-state index contributed by atoms with van der Waals surface area (Å²) < 4.78 is 0. The summed E-state index contributed by atoms with van der Waals surface area (Å²) in [7, 11) is 0. The van der Waals surface area contributed by atoms with E-state index < -0.39 is 24.0 Å². The number of fused-ring (bicyclic) bond motifs is 1. The Bertz CT molecular complexity index is 703. The van der Waals surface area contributed by atoms with Crippen molar-refractivity contribution >= 4 is 34.5 Å². The molecule has 0 heterocycles. The van der Waals surface area contributed by atoms with Crippen LogP contribution in [0.5, 0.6) is 0 Å². The van der Waals surface area contributed by atoms with Gasteiger partial charge in [-0.3, -0.25) is 9.59 Å². The molecule has 0 radical (unpaired) electrons. The Balaban J connectivity index is 0.000000299. The average molecular weight is 364 g/mol. The van der Waals surface area contributed by atoms with Gasteiger partial charge in [0.05, 0.1) is 0 Å². The van der Waals surface area contributed by atoms with Crippen molar-refractivity contribution in [3.8, 4) is 0 Å². The molecule has 2 aromatic carbocycles. The van der Waals surface area contributed by atoms with Crippen molar-refractivity contribution in [3.63, 3.8) is 0 Å². The molecule has 2 aromatic rings. The molecular formula is C18H24N2O4S. The van der Waals surface area contributed by atoms with Crippen molar-refractivity contribution in [3.05, 3.63) is 48.0 Å². The van der Waals surface area contributed by atoms with Crippen molar-refractivity contribution in [1.29, 1.82) is 0 Å². The Kier molecular flexibility index (Phi) is 8.98. The minimum Gasteiger partial charge on any atom is -0.480 e. The van der Waals surface area contributed by atoms with E-state index in [-0.39, 0.29) is 0 Å². The van der Waals surface area contributed by atoms with E-state index in [4.69, 9.17) is 21.7 Å². The van der Waals surface area contributed by atoms with Gasteiger partial charge < -0.3 is 21.7 Å². The lowest BCUT2D eigenvalue weighted by Crippen LogP contribution is -2.32. The Hall–Kier alpha value is -2.09. The van der Waals surface area contributed by atoms with Crippen LogP contribution in [0.4, 0.5) is 0 Å². The molecule has 0 fully saturated rings. The summed E-state index contributed by atoms with van der Waals surface area (Å²) >= 11 is 1.60. The van der Waals surface area contributed by atoms with Gasteiger partial charge in [-0.15, -0.1) is 0 Å². The maximum Gasteiger partial charge on any atom is 0.320 e. The highest BCUT2D eigenvalue weighted by Crippen LogP contribution is 2.19. The zero-order chi connectivity index (χ0) is 18.8. The van der Waals surface area contributed by atoms with Crippen LogP contribution < -0.4 is 11.5 Å². The third kappa shape index (κ3) is 7.13. The van der Waals surface area contributed by atoms with E-state index in [0.717, 1.165) is 22.1 Å². The molecule has 6 nitrogen and oxygen atoms in total. The van der Waals surface area contributed by atoms with Gasteiger partial charge in [0.25, 0.3) is 0 Å². The zero-order valence-corrected chi connectivity index (χ0v) is 14.9. The summed E-state index contributed by atoms with van der Waals surface area (Å²) in [5.41, 5.74) is 11.7. The van der Waals surface area contributed by atoms with Crippen molar-refractivity contribution in [2.45, 2.75) is 24.9 Å². The lowest BCUT2D eigenvalue weighted by molar-refractivity contribution is -0.139. The van der Waals surface area contributed by atoms with Crippen LogP contribution in [-0.2, 0) is 16.0 Å². The minimum atomic E-state index is -0.965. The SMILES string of the molecule is CSCC[C@H](N)C(=O)O.N[C@@H](Cc1cccc2ccccc12)C(=O)O. The normalized spacial score (nSPS) is 12.8. The molecule has 0 bridgehead atoms. The smallest absolute Gasteiger partial charge is 0.320 e. The third-order valence-electron chi connectivity index (χ3n) is 3.59. The van der Waals surface area contributed by atoms with Gasteiger partial charge in [0.15, 0.2) is 0 Å². The number of hydrogen-bond acceptors (Lipinski definition) is 5.